The van der Waals surface area contributed by atoms with Crippen molar-refractivity contribution in [2.24, 2.45) is 0 Å². The van der Waals surface area contributed by atoms with Crippen molar-refractivity contribution >= 4 is 30.7 Å². The van der Waals surface area contributed by atoms with Gasteiger partial charge >= 0.3 is 0 Å². The molecule has 4 nitrogen and oxygen atoms in total. The van der Waals surface area contributed by atoms with Crippen LogP contribution < -0.4 is 4.74 Å². The Morgan fingerprint density at radius 2 is 2.00 bits per heavy atom. The molecule has 1 aliphatic rings. The predicted octanol–water partition coefficient (Wildman–Crippen LogP) is 6.35. The molecule has 1 aromatic carbocycles. The lowest BCUT2D eigenvalue weighted by atomic mass is 10.0. The molecular formula is C22H26ClFN2O2Si. The first-order valence-corrected chi connectivity index (χ1v) is 14.1. The third kappa shape index (κ3) is 4.82. The number of pyridine rings is 1. The van der Waals surface area contributed by atoms with Gasteiger partial charge in [0.05, 0.1) is 11.7 Å². The quantitative estimate of drug-likeness (QED) is 0.236. The average Bonchev–Trinajstić information content (AvgIpc) is 3.39. The summed E-state index contributed by atoms with van der Waals surface area (Å²) in [6.07, 6.45) is 4.10. The van der Waals surface area contributed by atoms with Gasteiger partial charge in [-0.1, -0.05) is 37.3 Å². The van der Waals surface area contributed by atoms with E-state index in [4.69, 9.17) is 21.1 Å². The smallest absolute Gasteiger partial charge is 0.144 e. The van der Waals surface area contributed by atoms with Crippen LogP contribution in [0.25, 0.3) is 22.2 Å². The zero-order valence-electron chi connectivity index (χ0n) is 17.0. The Morgan fingerprint density at radius 3 is 2.72 bits per heavy atom. The van der Waals surface area contributed by atoms with Crippen LogP contribution in [-0.2, 0) is 11.5 Å². The first-order chi connectivity index (χ1) is 13.8. The second-order valence-corrected chi connectivity index (χ2v) is 14.8. The fourth-order valence-corrected chi connectivity index (χ4v) is 4.11. The van der Waals surface area contributed by atoms with Crippen molar-refractivity contribution in [3.05, 3.63) is 47.5 Å². The highest BCUT2D eigenvalue weighted by atomic mass is 35.5. The van der Waals surface area contributed by atoms with Gasteiger partial charge in [-0.15, -0.1) is 0 Å². The molecule has 3 aromatic rings. The van der Waals surface area contributed by atoms with Crippen molar-refractivity contribution in [2.75, 3.05) is 6.61 Å². The molecule has 0 bridgehead atoms. The van der Waals surface area contributed by atoms with Crippen molar-refractivity contribution in [3.63, 3.8) is 0 Å². The summed E-state index contributed by atoms with van der Waals surface area (Å²) < 4.78 is 28.7. The van der Waals surface area contributed by atoms with E-state index in [1.807, 2.05) is 22.9 Å². The molecule has 0 saturated heterocycles. The number of halogens is 2. The second-order valence-electron chi connectivity index (χ2n) is 8.80. The Morgan fingerprint density at radius 1 is 1.21 bits per heavy atom. The van der Waals surface area contributed by atoms with E-state index in [0.717, 1.165) is 29.8 Å². The van der Waals surface area contributed by atoms with E-state index in [9.17, 15) is 4.39 Å². The summed E-state index contributed by atoms with van der Waals surface area (Å²) in [5.41, 5.74) is 1.89. The molecule has 2 aromatic heterocycles. The van der Waals surface area contributed by atoms with Gasteiger partial charge in [0, 0.05) is 31.8 Å². The van der Waals surface area contributed by atoms with Gasteiger partial charge in [-0.3, -0.25) is 0 Å². The van der Waals surface area contributed by atoms with Gasteiger partial charge in [0.1, 0.15) is 29.1 Å². The molecule has 0 radical (unpaired) electrons. The van der Waals surface area contributed by atoms with Gasteiger partial charge in [-0.2, -0.15) is 0 Å². The second kappa shape index (κ2) is 8.09. The van der Waals surface area contributed by atoms with Crippen molar-refractivity contribution in [2.45, 2.75) is 51.4 Å². The molecule has 2 heterocycles. The summed E-state index contributed by atoms with van der Waals surface area (Å²) in [5.74, 6) is 0.262. The highest BCUT2D eigenvalue weighted by Crippen LogP contribution is 2.40. The van der Waals surface area contributed by atoms with E-state index in [1.165, 1.54) is 6.07 Å². The fourth-order valence-electron chi connectivity index (χ4n) is 3.21. The molecule has 7 heteroatoms. The lowest BCUT2D eigenvalue weighted by Gasteiger charge is -2.15. The average molecular weight is 433 g/mol. The van der Waals surface area contributed by atoms with Crippen LogP contribution >= 0.6 is 11.6 Å². The lowest BCUT2D eigenvalue weighted by Crippen LogP contribution is -2.22. The largest absolute Gasteiger partial charge is 0.490 e. The van der Waals surface area contributed by atoms with Gasteiger partial charge < -0.3 is 14.0 Å². The maximum absolute atomic E-state index is 14.9. The van der Waals surface area contributed by atoms with Crippen LogP contribution in [0.4, 0.5) is 4.39 Å². The van der Waals surface area contributed by atoms with Gasteiger partial charge in [-0.05, 0) is 43.2 Å². The third-order valence-corrected chi connectivity index (χ3v) is 6.89. The monoisotopic (exact) mass is 432 g/mol. The number of hydrogen-bond acceptors (Lipinski definition) is 3. The molecule has 0 aliphatic heterocycles. The summed E-state index contributed by atoms with van der Waals surface area (Å²) in [4.78, 5) is 4.48. The molecule has 0 unspecified atom stereocenters. The number of hydrogen-bond donors (Lipinski definition) is 0. The molecule has 0 amide bonds. The Bertz CT molecular complexity index is 1030. The summed E-state index contributed by atoms with van der Waals surface area (Å²) in [5, 5.41) is 1.22. The van der Waals surface area contributed by atoms with Crippen molar-refractivity contribution in [1.82, 2.24) is 9.55 Å². The van der Waals surface area contributed by atoms with Crippen LogP contribution in [0.15, 0.2) is 36.5 Å². The molecule has 154 valence electrons. The molecule has 1 aliphatic carbocycles. The Labute approximate surface area is 176 Å². The molecule has 29 heavy (non-hydrogen) atoms. The first kappa shape index (κ1) is 20.4. The van der Waals surface area contributed by atoms with E-state index in [1.54, 1.807) is 12.1 Å². The SMILES string of the molecule is C[Si](C)(C)CCOCn1cc(-c2c(F)cccc2OC2CC2)c2ccc(Cl)nc21. The maximum Gasteiger partial charge on any atom is 0.144 e. The number of benzene rings is 1. The van der Waals surface area contributed by atoms with Crippen molar-refractivity contribution in [3.8, 4) is 16.9 Å². The highest BCUT2D eigenvalue weighted by Gasteiger charge is 2.27. The predicted molar refractivity (Wildman–Crippen MR) is 118 cm³/mol. The van der Waals surface area contributed by atoms with E-state index in [2.05, 4.69) is 24.6 Å². The van der Waals surface area contributed by atoms with Crippen LogP contribution in [-0.4, -0.2) is 30.3 Å². The lowest BCUT2D eigenvalue weighted by molar-refractivity contribution is 0.0899. The zero-order chi connectivity index (χ0) is 20.6. The zero-order valence-corrected chi connectivity index (χ0v) is 18.8. The molecular weight excluding hydrogens is 407 g/mol. The molecule has 1 fully saturated rings. The first-order valence-electron chi connectivity index (χ1n) is 10.0. The number of ether oxygens (including phenoxy) is 2. The Balaban J connectivity index is 1.70. The molecule has 0 N–H and O–H groups in total. The van der Waals surface area contributed by atoms with Crippen molar-refractivity contribution in [1.29, 1.82) is 0 Å². The summed E-state index contributed by atoms with van der Waals surface area (Å²) in [6.45, 7) is 8.00. The maximum atomic E-state index is 14.9. The molecule has 0 spiro atoms. The van der Waals surface area contributed by atoms with Gasteiger partial charge in [0.15, 0.2) is 0 Å². The van der Waals surface area contributed by atoms with Crippen LogP contribution in [0, 0.1) is 5.82 Å². The van der Waals surface area contributed by atoms with E-state index in [0.29, 0.717) is 35.5 Å². The van der Waals surface area contributed by atoms with Gasteiger partial charge in [-0.25, -0.2) is 9.37 Å². The normalized spacial score (nSPS) is 14.5. The number of nitrogens with zero attached hydrogens (tertiary/aromatic N) is 2. The van der Waals surface area contributed by atoms with E-state index >= 15 is 0 Å². The van der Waals surface area contributed by atoms with E-state index in [-0.39, 0.29) is 11.9 Å². The topological polar surface area (TPSA) is 36.3 Å². The van der Waals surface area contributed by atoms with E-state index < -0.39 is 8.07 Å². The number of rotatable bonds is 8. The molecule has 4 rings (SSSR count). The summed E-state index contributed by atoms with van der Waals surface area (Å²) in [7, 11) is -1.17. The van der Waals surface area contributed by atoms with Crippen LogP contribution in [0.2, 0.25) is 30.8 Å². The minimum Gasteiger partial charge on any atom is -0.490 e. The summed E-state index contributed by atoms with van der Waals surface area (Å²) >= 11 is 6.15. The number of fused-ring (bicyclic) bond motifs is 1. The summed E-state index contributed by atoms with van der Waals surface area (Å²) in [6, 6.07) is 9.67. The molecule has 0 atom stereocenters. The molecule has 1 saturated carbocycles. The van der Waals surface area contributed by atoms with Crippen LogP contribution in [0.1, 0.15) is 12.8 Å². The minimum absolute atomic E-state index is 0.182. The standard InChI is InChI=1S/C22H26ClFN2O2Si/c1-29(2,3)12-11-27-14-26-13-17(16-9-10-20(23)25-22(16)26)21-18(24)5-4-6-19(21)28-15-7-8-15/h4-6,9-10,13,15H,7-8,11-12,14H2,1-3H3. The third-order valence-electron chi connectivity index (χ3n) is 4.98. The van der Waals surface area contributed by atoms with Crippen molar-refractivity contribution < 1.29 is 13.9 Å². The van der Waals surface area contributed by atoms with Gasteiger partial charge in [0.25, 0.3) is 0 Å². The van der Waals surface area contributed by atoms with Gasteiger partial charge in [0.2, 0.25) is 0 Å². The van der Waals surface area contributed by atoms with Crippen LogP contribution in [0.5, 0.6) is 5.75 Å². The Kier molecular flexibility index (Phi) is 5.68. The highest BCUT2D eigenvalue weighted by molar-refractivity contribution is 6.76. The fraction of sp³-hybridized carbons (Fsp3) is 0.409. The Hall–Kier alpha value is -1.89. The minimum atomic E-state index is -1.17. The van der Waals surface area contributed by atoms with Crippen LogP contribution in [0.3, 0.4) is 0 Å². The number of aromatic nitrogens is 2.